The molecule has 2 heterocycles. The fraction of sp³-hybridized carbons (Fsp3) is 0.348. The second-order valence-corrected chi connectivity index (χ2v) is 8.48. The van der Waals surface area contributed by atoms with Crippen LogP contribution in [0, 0.1) is 0 Å². The Kier molecular flexibility index (Phi) is 6.77. The van der Waals surface area contributed by atoms with E-state index in [9.17, 15) is 0 Å². The van der Waals surface area contributed by atoms with E-state index in [0.717, 1.165) is 65.5 Å². The van der Waals surface area contributed by atoms with E-state index in [1.807, 2.05) is 43.3 Å². The van der Waals surface area contributed by atoms with Crippen LogP contribution in [0.5, 0.6) is 11.5 Å². The smallest absolute Gasteiger partial charge is 0.161 e. The zero-order valence-electron chi connectivity index (χ0n) is 17.3. The highest BCUT2D eigenvalue weighted by Gasteiger charge is 2.19. The molecule has 30 heavy (non-hydrogen) atoms. The maximum Gasteiger partial charge on any atom is 0.161 e. The first kappa shape index (κ1) is 21.0. The van der Waals surface area contributed by atoms with Crippen molar-refractivity contribution in [3.05, 3.63) is 58.6 Å². The molecule has 0 radical (unpaired) electrons. The molecule has 7 heteroatoms. The predicted octanol–water partition coefficient (Wildman–Crippen LogP) is 5.19. The number of benzene rings is 2. The first-order valence-electron chi connectivity index (χ1n) is 10.1. The first-order chi connectivity index (χ1) is 14.7. The summed E-state index contributed by atoms with van der Waals surface area (Å²) in [6.45, 7) is 7.46. The summed E-state index contributed by atoms with van der Waals surface area (Å²) in [5.74, 6) is 1.50. The Bertz CT molecular complexity index is 986. The number of rotatable bonds is 7. The molecular weight excluding hydrogens is 418 g/mol. The number of methoxy groups -OCH3 is 1. The normalized spacial score (nSPS) is 14.7. The minimum Gasteiger partial charge on any atom is -0.493 e. The number of anilines is 1. The van der Waals surface area contributed by atoms with Crippen molar-refractivity contribution in [3.63, 3.8) is 0 Å². The average molecular weight is 444 g/mol. The third-order valence-corrected chi connectivity index (χ3v) is 6.37. The van der Waals surface area contributed by atoms with Crippen LogP contribution in [-0.4, -0.2) is 49.8 Å². The molecule has 1 aromatic heterocycles. The van der Waals surface area contributed by atoms with Gasteiger partial charge in [-0.05, 0) is 43.3 Å². The summed E-state index contributed by atoms with van der Waals surface area (Å²) in [4.78, 5) is 9.71. The fourth-order valence-electron chi connectivity index (χ4n) is 3.65. The Balaban J connectivity index is 1.37. The summed E-state index contributed by atoms with van der Waals surface area (Å²) < 4.78 is 11.1. The van der Waals surface area contributed by atoms with Crippen molar-refractivity contribution in [3.8, 4) is 22.1 Å². The molecule has 0 amide bonds. The number of thiazole rings is 1. The molecule has 0 N–H and O–H groups in total. The van der Waals surface area contributed by atoms with Crippen LogP contribution in [0.3, 0.4) is 0 Å². The van der Waals surface area contributed by atoms with Crippen molar-refractivity contribution in [2.75, 3.05) is 44.8 Å². The lowest BCUT2D eigenvalue weighted by atomic mass is 10.2. The average Bonchev–Trinajstić information content (AvgIpc) is 3.23. The van der Waals surface area contributed by atoms with Crippen LogP contribution in [0.1, 0.15) is 12.6 Å². The molecule has 4 rings (SSSR count). The largest absolute Gasteiger partial charge is 0.493 e. The molecule has 0 spiro atoms. The van der Waals surface area contributed by atoms with Crippen molar-refractivity contribution in [1.29, 1.82) is 0 Å². The number of piperazine rings is 1. The molecule has 1 fully saturated rings. The fourth-order valence-corrected chi connectivity index (χ4v) is 4.65. The molecule has 0 aliphatic carbocycles. The van der Waals surface area contributed by atoms with Gasteiger partial charge in [-0.1, -0.05) is 17.7 Å². The lowest BCUT2D eigenvalue weighted by Crippen LogP contribution is -2.46. The van der Waals surface area contributed by atoms with E-state index < -0.39 is 0 Å². The lowest BCUT2D eigenvalue weighted by molar-refractivity contribution is 0.247. The summed E-state index contributed by atoms with van der Waals surface area (Å²) in [6, 6.07) is 14.1. The number of aromatic nitrogens is 1. The van der Waals surface area contributed by atoms with E-state index in [2.05, 4.69) is 21.2 Å². The van der Waals surface area contributed by atoms with Crippen molar-refractivity contribution in [2.24, 2.45) is 0 Å². The van der Waals surface area contributed by atoms with E-state index in [1.54, 1.807) is 18.4 Å². The minimum atomic E-state index is 0.613. The van der Waals surface area contributed by atoms with Crippen molar-refractivity contribution >= 4 is 28.6 Å². The number of ether oxygens (including phenoxy) is 2. The highest BCUT2D eigenvalue weighted by Crippen LogP contribution is 2.34. The zero-order chi connectivity index (χ0) is 20.9. The second-order valence-electron chi connectivity index (χ2n) is 7.19. The van der Waals surface area contributed by atoms with Gasteiger partial charge in [0.05, 0.1) is 19.4 Å². The van der Waals surface area contributed by atoms with Crippen molar-refractivity contribution < 1.29 is 9.47 Å². The van der Waals surface area contributed by atoms with Crippen LogP contribution in [0.15, 0.2) is 47.8 Å². The van der Waals surface area contributed by atoms with Gasteiger partial charge in [0, 0.05) is 54.4 Å². The van der Waals surface area contributed by atoms with Gasteiger partial charge in [-0.25, -0.2) is 4.98 Å². The van der Waals surface area contributed by atoms with Gasteiger partial charge in [0.15, 0.2) is 11.5 Å². The quantitative estimate of drug-likeness (QED) is 0.502. The Labute approximate surface area is 186 Å². The van der Waals surface area contributed by atoms with Crippen LogP contribution in [0.25, 0.3) is 10.6 Å². The van der Waals surface area contributed by atoms with E-state index in [4.69, 9.17) is 26.1 Å². The number of hydrogen-bond donors (Lipinski definition) is 0. The van der Waals surface area contributed by atoms with Crippen LogP contribution >= 0.6 is 22.9 Å². The van der Waals surface area contributed by atoms with E-state index in [0.29, 0.717) is 6.61 Å². The lowest BCUT2D eigenvalue weighted by Gasteiger charge is -2.35. The topological polar surface area (TPSA) is 37.8 Å². The molecular formula is C23H26ClN3O2S. The van der Waals surface area contributed by atoms with Crippen LogP contribution < -0.4 is 14.4 Å². The molecule has 158 valence electrons. The van der Waals surface area contributed by atoms with E-state index in [1.165, 1.54) is 5.69 Å². The number of nitrogens with zero attached hydrogens (tertiary/aromatic N) is 3. The molecule has 5 nitrogen and oxygen atoms in total. The molecule has 2 aromatic carbocycles. The number of halogens is 1. The zero-order valence-corrected chi connectivity index (χ0v) is 18.9. The molecule has 3 aromatic rings. The first-order valence-corrected chi connectivity index (χ1v) is 11.4. The van der Waals surface area contributed by atoms with Gasteiger partial charge >= 0.3 is 0 Å². The van der Waals surface area contributed by atoms with Gasteiger partial charge in [0.1, 0.15) is 5.01 Å². The van der Waals surface area contributed by atoms with Gasteiger partial charge < -0.3 is 14.4 Å². The monoisotopic (exact) mass is 443 g/mol. The van der Waals surface area contributed by atoms with Crippen molar-refractivity contribution in [1.82, 2.24) is 9.88 Å². The number of hydrogen-bond acceptors (Lipinski definition) is 6. The molecule has 0 bridgehead atoms. The molecule has 0 unspecified atom stereocenters. The molecule has 1 aliphatic rings. The molecule has 0 saturated carbocycles. The van der Waals surface area contributed by atoms with Gasteiger partial charge in [-0.3, -0.25) is 4.90 Å². The highest BCUT2D eigenvalue weighted by atomic mass is 35.5. The summed E-state index contributed by atoms with van der Waals surface area (Å²) in [5, 5.41) is 3.95. The second kappa shape index (κ2) is 9.69. The Hall–Kier alpha value is -2.28. The third-order valence-electron chi connectivity index (χ3n) is 5.19. The minimum absolute atomic E-state index is 0.613. The summed E-state index contributed by atoms with van der Waals surface area (Å²) in [7, 11) is 1.66. The van der Waals surface area contributed by atoms with Gasteiger partial charge in [-0.15, -0.1) is 11.3 Å². The summed E-state index contributed by atoms with van der Waals surface area (Å²) in [5.41, 5.74) is 3.36. The Morgan fingerprint density at radius 2 is 1.90 bits per heavy atom. The van der Waals surface area contributed by atoms with Gasteiger partial charge in [0.25, 0.3) is 0 Å². The highest BCUT2D eigenvalue weighted by molar-refractivity contribution is 7.13. The van der Waals surface area contributed by atoms with E-state index >= 15 is 0 Å². The van der Waals surface area contributed by atoms with E-state index in [-0.39, 0.29) is 0 Å². The molecule has 1 aliphatic heterocycles. The predicted molar refractivity (Wildman–Crippen MR) is 124 cm³/mol. The third kappa shape index (κ3) is 4.89. The van der Waals surface area contributed by atoms with Crippen LogP contribution in [0.4, 0.5) is 5.69 Å². The molecule has 1 saturated heterocycles. The van der Waals surface area contributed by atoms with Crippen LogP contribution in [-0.2, 0) is 6.54 Å². The van der Waals surface area contributed by atoms with Gasteiger partial charge in [-0.2, -0.15) is 0 Å². The Morgan fingerprint density at radius 3 is 2.63 bits per heavy atom. The van der Waals surface area contributed by atoms with Crippen molar-refractivity contribution in [2.45, 2.75) is 13.5 Å². The summed E-state index contributed by atoms with van der Waals surface area (Å²) >= 11 is 7.81. The Morgan fingerprint density at radius 1 is 1.07 bits per heavy atom. The molecule has 0 atom stereocenters. The maximum absolute atomic E-state index is 6.14. The standard InChI is InChI=1S/C23H26ClN3O2S/c1-3-29-21-8-7-17(13-22(21)28-2)23-25-19(16-30-23)15-26-9-11-27(12-10-26)20-6-4-5-18(24)14-20/h4-8,13-14,16H,3,9-12,15H2,1-2H3. The SMILES string of the molecule is CCOc1ccc(-c2nc(CN3CCN(c4cccc(Cl)c4)CC3)cs2)cc1OC. The van der Waals surface area contributed by atoms with Gasteiger partial charge in [0.2, 0.25) is 0 Å². The maximum atomic E-state index is 6.14. The summed E-state index contributed by atoms with van der Waals surface area (Å²) in [6.07, 6.45) is 0. The van der Waals surface area contributed by atoms with Crippen LogP contribution in [0.2, 0.25) is 5.02 Å².